The van der Waals surface area contributed by atoms with Gasteiger partial charge in [0, 0.05) is 35.0 Å². The number of pyridine rings is 2. The molecule has 2 aromatic heterocycles. The molecule has 0 spiro atoms. The van der Waals surface area contributed by atoms with E-state index >= 15 is 0 Å². The van der Waals surface area contributed by atoms with Gasteiger partial charge in [-0.3, -0.25) is 9.97 Å². The van der Waals surface area contributed by atoms with E-state index in [9.17, 15) is 0 Å². The highest BCUT2D eigenvalue weighted by Gasteiger charge is 2.04. The zero-order chi connectivity index (χ0) is 14.5. The van der Waals surface area contributed by atoms with Gasteiger partial charge in [0.05, 0.1) is 5.52 Å². The third-order valence-electron chi connectivity index (χ3n) is 3.43. The van der Waals surface area contributed by atoms with Crippen molar-refractivity contribution in [2.75, 3.05) is 6.54 Å². The predicted molar refractivity (Wildman–Crippen MR) is 89.1 cm³/mol. The minimum absolute atomic E-state index is 0.820. The molecule has 0 saturated heterocycles. The maximum Gasteiger partial charge on any atom is 0.0758 e. The Bertz CT molecular complexity index is 728. The Labute approximate surface area is 132 Å². The Morgan fingerprint density at radius 1 is 1.05 bits per heavy atom. The van der Waals surface area contributed by atoms with Crippen LogP contribution in [0.3, 0.4) is 0 Å². The van der Waals surface area contributed by atoms with Crippen LogP contribution in [-0.4, -0.2) is 16.5 Å². The van der Waals surface area contributed by atoms with Crippen LogP contribution in [-0.2, 0) is 13.0 Å². The highest BCUT2D eigenvalue weighted by atomic mass is 79.9. The molecule has 3 aromatic rings. The first kappa shape index (κ1) is 14.2. The number of aromatic nitrogens is 2. The van der Waals surface area contributed by atoms with Crippen molar-refractivity contribution in [1.29, 1.82) is 0 Å². The molecule has 0 radical (unpaired) electrons. The zero-order valence-electron chi connectivity index (χ0n) is 11.6. The Kier molecular flexibility index (Phi) is 4.58. The van der Waals surface area contributed by atoms with Gasteiger partial charge in [0.25, 0.3) is 0 Å². The first-order chi connectivity index (χ1) is 10.3. The maximum absolute atomic E-state index is 4.50. The van der Waals surface area contributed by atoms with E-state index in [0.29, 0.717) is 0 Å². The summed E-state index contributed by atoms with van der Waals surface area (Å²) in [5.74, 6) is 0. The molecule has 2 heterocycles. The smallest absolute Gasteiger partial charge is 0.0758 e. The topological polar surface area (TPSA) is 37.8 Å². The lowest BCUT2D eigenvalue weighted by Crippen LogP contribution is -2.17. The highest BCUT2D eigenvalue weighted by molar-refractivity contribution is 9.10. The molecule has 0 atom stereocenters. The largest absolute Gasteiger partial charge is 0.312 e. The fraction of sp³-hybridized carbons (Fsp3) is 0.176. The Balaban J connectivity index is 1.65. The van der Waals surface area contributed by atoms with Crippen molar-refractivity contribution in [3.63, 3.8) is 0 Å². The number of benzene rings is 1. The molecule has 21 heavy (non-hydrogen) atoms. The molecule has 0 fully saturated rings. The summed E-state index contributed by atoms with van der Waals surface area (Å²) in [6.07, 6.45) is 6.54. The van der Waals surface area contributed by atoms with Gasteiger partial charge in [-0.25, -0.2) is 0 Å². The average Bonchev–Trinajstić information content (AvgIpc) is 2.55. The standard InChI is InChI=1S/C17H16BrN3/c18-16-6-5-14(17-15(16)4-2-9-21-17)12-20-10-7-13-3-1-8-19-11-13/h1-6,8-9,11,20H,7,10,12H2. The van der Waals surface area contributed by atoms with Crippen LogP contribution in [0.4, 0.5) is 0 Å². The van der Waals surface area contributed by atoms with Crippen LogP contribution in [0.2, 0.25) is 0 Å². The quantitative estimate of drug-likeness (QED) is 0.718. The number of hydrogen-bond acceptors (Lipinski definition) is 3. The molecule has 106 valence electrons. The molecule has 0 amide bonds. The minimum Gasteiger partial charge on any atom is -0.312 e. The average molecular weight is 342 g/mol. The van der Waals surface area contributed by atoms with E-state index in [0.717, 1.165) is 34.9 Å². The molecule has 1 aromatic carbocycles. The van der Waals surface area contributed by atoms with Gasteiger partial charge in [0.1, 0.15) is 0 Å². The molecule has 1 N–H and O–H groups in total. The molecular weight excluding hydrogens is 326 g/mol. The molecule has 3 rings (SSSR count). The normalized spacial score (nSPS) is 10.9. The predicted octanol–water partition coefficient (Wildman–Crippen LogP) is 3.72. The van der Waals surface area contributed by atoms with Crippen LogP contribution < -0.4 is 5.32 Å². The van der Waals surface area contributed by atoms with Crippen molar-refractivity contribution >= 4 is 26.8 Å². The molecule has 0 aliphatic carbocycles. The van der Waals surface area contributed by atoms with E-state index in [1.54, 1.807) is 6.20 Å². The lowest BCUT2D eigenvalue weighted by Gasteiger charge is -2.09. The zero-order valence-corrected chi connectivity index (χ0v) is 13.2. The summed E-state index contributed by atoms with van der Waals surface area (Å²) in [7, 11) is 0. The van der Waals surface area contributed by atoms with Crippen LogP contribution in [0.1, 0.15) is 11.1 Å². The summed E-state index contributed by atoms with van der Waals surface area (Å²) in [6.45, 7) is 1.75. The van der Waals surface area contributed by atoms with Crippen molar-refractivity contribution in [1.82, 2.24) is 15.3 Å². The van der Waals surface area contributed by atoms with Crippen molar-refractivity contribution in [2.24, 2.45) is 0 Å². The van der Waals surface area contributed by atoms with E-state index in [1.165, 1.54) is 11.1 Å². The number of hydrogen-bond donors (Lipinski definition) is 1. The summed E-state index contributed by atoms with van der Waals surface area (Å²) < 4.78 is 1.09. The van der Waals surface area contributed by atoms with Gasteiger partial charge in [-0.2, -0.15) is 0 Å². The summed E-state index contributed by atoms with van der Waals surface area (Å²) in [5, 5.41) is 4.64. The summed E-state index contributed by atoms with van der Waals surface area (Å²) >= 11 is 3.58. The molecule has 0 bridgehead atoms. The van der Waals surface area contributed by atoms with E-state index in [1.807, 2.05) is 24.5 Å². The summed E-state index contributed by atoms with van der Waals surface area (Å²) in [6, 6.07) is 12.3. The second kappa shape index (κ2) is 6.78. The molecular formula is C17H16BrN3. The third-order valence-corrected chi connectivity index (χ3v) is 4.12. The summed E-state index contributed by atoms with van der Waals surface area (Å²) in [5.41, 5.74) is 3.53. The number of nitrogens with one attached hydrogen (secondary N) is 1. The van der Waals surface area contributed by atoms with Gasteiger partial charge in [0.2, 0.25) is 0 Å². The fourth-order valence-electron chi connectivity index (χ4n) is 2.34. The van der Waals surface area contributed by atoms with E-state index in [2.05, 4.69) is 55.5 Å². The molecule has 0 unspecified atom stereocenters. The van der Waals surface area contributed by atoms with Gasteiger partial charge >= 0.3 is 0 Å². The van der Waals surface area contributed by atoms with Crippen molar-refractivity contribution in [2.45, 2.75) is 13.0 Å². The first-order valence-corrected chi connectivity index (χ1v) is 7.75. The van der Waals surface area contributed by atoms with Gasteiger partial charge in [-0.15, -0.1) is 0 Å². The van der Waals surface area contributed by atoms with Crippen LogP contribution in [0, 0.1) is 0 Å². The van der Waals surface area contributed by atoms with Crippen LogP contribution >= 0.6 is 15.9 Å². The fourth-order valence-corrected chi connectivity index (χ4v) is 2.79. The van der Waals surface area contributed by atoms with E-state index in [4.69, 9.17) is 0 Å². The lowest BCUT2D eigenvalue weighted by atomic mass is 10.1. The Hall–Kier alpha value is -1.78. The van der Waals surface area contributed by atoms with Gasteiger partial charge < -0.3 is 5.32 Å². The first-order valence-electron chi connectivity index (χ1n) is 6.96. The molecule has 3 nitrogen and oxygen atoms in total. The van der Waals surface area contributed by atoms with Crippen LogP contribution in [0.15, 0.2) is 59.5 Å². The second-order valence-corrected chi connectivity index (χ2v) is 5.75. The molecule has 0 saturated carbocycles. The Morgan fingerprint density at radius 2 is 1.95 bits per heavy atom. The maximum atomic E-state index is 4.50. The second-order valence-electron chi connectivity index (χ2n) is 4.89. The van der Waals surface area contributed by atoms with Crippen molar-refractivity contribution in [3.8, 4) is 0 Å². The number of rotatable bonds is 5. The third kappa shape index (κ3) is 3.46. The molecule has 0 aliphatic rings. The van der Waals surface area contributed by atoms with Gasteiger partial charge in [-0.1, -0.05) is 34.1 Å². The monoisotopic (exact) mass is 341 g/mol. The Morgan fingerprint density at radius 3 is 2.81 bits per heavy atom. The summed E-state index contributed by atoms with van der Waals surface area (Å²) in [4.78, 5) is 8.63. The van der Waals surface area contributed by atoms with Crippen molar-refractivity contribution < 1.29 is 0 Å². The van der Waals surface area contributed by atoms with Crippen LogP contribution in [0.25, 0.3) is 10.9 Å². The molecule has 0 aliphatic heterocycles. The number of fused-ring (bicyclic) bond motifs is 1. The highest BCUT2D eigenvalue weighted by Crippen LogP contribution is 2.25. The van der Waals surface area contributed by atoms with E-state index < -0.39 is 0 Å². The van der Waals surface area contributed by atoms with E-state index in [-0.39, 0.29) is 0 Å². The SMILES string of the molecule is Brc1ccc(CNCCc2cccnc2)c2ncccc12. The van der Waals surface area contributed by atoms with Gasteiger partial charge in [0.15, 0.2) is 0 Å². The number of halogens is 1. The van der Waals surface area contributed by atoms with Crippen LogP contribution in [0.5, 0.6) is 0 Å². The molecule has 4 heteroatoms. The van der Waals surface area contributed by atoms with Gasteiger partial charge in [-0.05, 0) is 42.3 Å². The lowest BCUT2D eigenvalue weighted by molar-refractivity contribution is 0.688. The van der Waals surface area contributed by atoms with Crippen molar-refractivity contribution in [3.05, 3.63) is 70.6 Å². The number of nitrogens with zero attached hydrogens (tertiary/aromatic N) is 2. The minimum atomic E-state index is 0.820.